The SMILES string of the molecule is CCOC(=O)CN1C(=O)S/C(=C/c2cc(I)c(OCc3ccc(Cl)cc3Cl)c(OC)c2)C1=O. The average Bonchev–Trinajstić information content (AvgIpc) is 3.01. The molecule has 1 aliphatic heterocycles. The van der Waals surface area contributed by atoms with Gasteiger partial charge in [0.2, 0.25) is 0 Å². The lowest BCUT2D eigenvalue weighted by molar-refractivity contribution is -0.145. The van der Waals surface area contributed by atoms with Crippen LogP contribution in [0.15, 0.2) is 35.2 Å². The number of carbonyl (C=O) groups excluding carboxylic acids is 3. The molecule has 7 nitrogen and oxygen atoms in total. The average molecular weight is 622 g/mol. The van der Waals surface area contributed by atoms with Gasteiger partial charge in [-0.3, -0.25) is 19.3 Å². The van der Waals surface area contributed by atoms with Gasteiger partial charge in [-0.05, 0) is 77.2 Å². The van der Waals surface area contributed by atoms with Crippen LogP contribution in [-0.4, -0.2) is 42.3 Å². The first-order valence-electron chi connectivity index (χ1n) is 9.58. The maximum absolute atomic E-state index is 12.6. The highest BCUT2D eigenvalue weighted by Gasteiger charge is 2.36. The number of methoxy groups -OCH3 is 1. The van der Waals surface area contributed by atoms with Crippen LogP contribution in [-0.2, 0) is 20.9 Å². The quantitative estimate of drug-likeness (QED) is 0.210. The van der Waals surface area contributed by atoms with Crippen LogP contribution in [0.3, 0.4) is 0 Å². The first kappa shape index (κ1) is 25.7. The van der Waals surface area contributed by atoms with E-state index in [2.05, 4.69) is 22.6 Å². The smallest absolute Gasteiger partial charge is 0.326 e. The zero-order valence-corrected chi connectivity index (χ0v) is 22.0. The monoisotopic (exact) mass is 621 g/mol. The molecule has 2 amide bonds. The van der Waals surface area contributed by atoms with Gasteiger partial charge in [0.25, 0.3) is 11.1 Å². The second-order valence-corrected chi connectivity index (χ2v) is 9.63. The number of ether oxygens (including phenoxy) is 3. The summed E-state index contributed by atoms with van der Waals surface area (Å²) in [6, 6.07) is 8.64. The summed E-state index contributed by atoms with van der Waals surface area (Å²) in [7, 11) is 1.50. The van der Waals surface area contributed by atoms with Gasteiger partial charge in [0.05, 0.1) is 22.2 Å². The van der Waals surface area contributed by atoms with Crippen LogP contribution in [0.2, 0.25) is 10.0 Å². The molecule has 0 unspecified atom stereocenters. The predicted octanol–water partition coefficient (Wildman–Crippen LogP) is 5.79. The normalized spacial score (nSPS) is 14.7. The molecular formula is C22H18Cl2INO6S. The van der Waals surface area contributed by atoms with Crippen molar-refractivity contribution >= 4 is 80.7 Å². The second kappa shape index (κ2) is 11.5. The van der Waals surface area contributed by atoms with Crippen LogP contribution in [0.1, 0.15) is 18.1 Å². The third-order valence-electron chi connectivity index (χ3n) is 4.40. The van der Waals surface area contributed by atoms with E-state index >= 15 is 0 Å². The van der Waals surface area contributed by atoms with Gasteiger partial charge in [-0.25, -0.2) is 0 Å². The summed E-state index contributed by atoms with van der Waals surface area (Å²) in [6.45, 7) is 1.60. The van der Waals surface area contributed by atoms with E-state index in [9.17, 15) is 14.4 Å². The van der Waals surface area contributed by atoms with Crippen molar-refractivity contribution in [3.8, 4) is 11.5 Å². The number of hydrogen-bond acceptors (Lipinski definition) is 7. The van der Waals surface area contributed by atoms with E-state index in [0.29, 0.717) is 27.1 Å². The van der Waals surface area contributed by atoms with Gasteiger partial charge in [-0.1, -0.05) is 29.3 Å². The van der Waals surface area contributed by atoms with E-state index < -0.39 is 23.7 Å². The van der Waals surface area contributed by atoms with Gasteiger partial charge < -0.3 is 14.2 Å². The summed E-state index contributed by atoms with van der Waals surface area (Å²) in [6.07, 6.45) is 1.57. The highest BCUT2D eigenvalue weighted by atomic mass is 127. The van der Waals surface area contributed by atoms with Crippen LogP contribution in [0.5, 0.6) is 11.5 Å². The van der Waals surface area contributed by atoms with E-state index in [1.54, 1.807) is 43.3 Å². The number of imide groups is 1. The summed E-state index contributed by atoms with van der Waals surface area (Å²) in [5, 5.41) is 0.499. The number of nitrogens with zero attached hydrogens (tertiary/aromatic N) is 1. The second-order valence-electron chi connectivity index (χ2n) is 6.63. The first-order chi connectivity index (χ1) is 15.7. The first-order valence-corrected chi connectivity index (χ1v) is 12.2. The van der Waals surface area contributed by atoms with Crippen molar-refractivity contribution < 1.29 is 28.6 Å². The number of thioether (sulfide) groups is 1. The van der Waals surface area contributed by atoms with Gasteiger partial charge in [0.15, 0.2) is 11.5 Å². The fourth-order valence-corrected chi connectivity index (χ4v) is 4.96. The van der Waals surface area contributed by atoms with Crippen molar-refractivity contribution in [2.45, 2.75) is 13.5 Å². The maximum atomic E-state index is 12.6. The number of benzene rings is 2. The molecule has 1 saturated heterocycles. The van der Waals surface area contributed by atoms with Crippen LogP contribution in [0.25, 0.3) is 6.08 Å². The Morgan fingerprint density at radius 2 is 1.97 bits per heavy atom. The molecule has 0 atom stereocenters. The molecule has 1 heterocycles. The Morgan fingerprint density at radius 1 is 1.21 bits per heavy atom. The molecule has 174 valence electrons. The topological polar surface area (TPSA) is 82.1 Å². The Labute approximate surface area is 218 Å². The van der Waals surface area contributed by atoms with Crippen molar-refractivity contribution in [1.82, 2.24) is 4.90 Å². The van der Waals surface area contributed by atoms with Crippen LogP contribution in [0.4, 0.5) is 4.79 Å². The van der Waals surface area contributed by atoms with Gasteiger partial charge in [-0.15, -0.1) is 0 Å². The number of rotatable bonds is 8. The summed E-state index contributed by atoms with van der Waals surface area (Å²) in [5.41, 5.74) is 1.40. The van der Waals surface area contributed by atoms with Crippen molar-refractivity contribution in [2.24, 2.45) is 0 Å². The van der Waals surface area contributed by atoms with Gasteiger partial charge in [-0.2, -0.15) is 0 Å². The minimum absolute atomic E-state index is 0.168. The standard InChI is InChI=1S/C22H18Cl2INO6S/c1-3-31-19(27)10-26-21(28)18(33-22(26)29)8-12-6-16(25)20(17(7-12)30-2)32-11-13-4-5-14(23)9-15(13)24/h4-9H,3,10-11H2,1-2H3/b18-8+. The Kier molecular flexibility index (Phi) is 8.91. The molecule has 2 aromatic rings. The molecular weight excluding hydrogens is 604 g/mol. The van der Waals surface area contributed by atoms with Gasteiger partial charge in [0, 0.05) is 15.6 Å². The Bertz CT molecular complexity index is 1140. The van der Waals surface area contributed by atoms with Crippen molar-refractivity contribution in [2.75, 3.05) is 20.3 Å². The minimum atomic E-state index is -0.639. The van der Waals surface area contributed by atoms with Gasteiger partial charge in [0.1, 0.15) is 13.2 Å². The molecule has 0 N–H and O–H groups in total. The molecule has 2 aromatic carbocycles. The maximum Gasteiger partial charge on any atom is 0.326 e. The Morgan fingerprint density at radius 3 is 2.64 bits per heavy atom. The molecule has 0 aromatic heterocycles. The molecule has 0 spiro atoms. The van der Waals surface area contributed by atoms with Crippen molar-refractivity contribution in [1.29, 1.82) is 0 Å². The third-order valence-corrected chi connectivity index (χ3v) is 6.70. The van der Waals surface area contributed by atoms with E-state index in [1.165, 1.54) is 7.11 Å². The number of carbonyl (C=O) groups is 3. The number of hydrogen-bond donors (Lipinski definition) is 0. The van der Waals surface area contributed by atoms with Crippen molar-refractivity contribution in [3.63, 3.8) is 0 Å². The molecule has 0 radical (unpaired) electrons. The largest absolute Gasteiger partial charge is 0.493 e. The molecule has 1 fully saturated rings. The number of halogens is 3. The van der Waals surface area contributed by atoms with Crippen LogP contribution >= 0.6 is 57.6 Å². The highest BCUT2D eigenvalue weighted by Crippen LogP contribution is 2.38. The number of esters is 1. The highest BCUT2D eigenvalue weighted by molar-refractivity contribution is 14.1. The summed E-state index contributed by atoms with van der Waals surface area (Å²) >= 11 is 15.0. The summed E-state index contributed by atoms with van der Waals surface area (Å²) in [5.74, 6) is -0.232. The molecule has 33 heavy (non-hydrogen) atoms. The Hall–Kier alpha value is -1.95. The summed E-state index contributed by atoms with van der Waals surface area (Å²) in [4.78, 5) is 37.5. The van der Waals surface area contributed by atoms with E-state index in [-0.39, 0.29) is 18.1 Å². The third kappa shape index (κ3) is 6.34. The van der Waals surface area contributed by atoms with E-state index in [4.69, 9.17) is 37.4 Å². The zero-order chi connectivity index (χ0) is 24.1. The molecule has 3 rings (SSSR count). The van der Waals surface area contributed by atoms with Crippen molar-refractivity contribution in [3.05, 3.63) is 60.0 Å². The summed E-state index contributed by atoms with van der Waals surface area (Å²) < 4.78 is 17.0. The van der Waals surface area contributed by atoms with E-state index in [0.717, 1.165) is 25.8 Å². The lowest BCUT2D eigenvalue weighted by atomic mass is 10.1. The van der Waals surface area contributed by atoms with E-state index in [1.807, 2.05) is 0 Å². The minimum Gasteiger partial charge on any atom is -0.493 e. The molecule has 0 aliphatic carbocycles. The lowest BCUT2D eigenvalue weighted by Crippen LogP contribution is -2.34. The number of amides is 2. The van der Waals surface area contributed by atoms with Crippen LogP contribution < -0.4 is 9.47 Å². The predicted molar refractivity (Wildman–Crippen MR) is 136 cm³/mol. The molecule has 1 aliphatic rings. The Balaban J connectivity index is 1.80. The molecule has 0 bridgehead atoms. The fraction of sp³-hybridized carbons (Fsp3) is 0.227. The molecule has 0 saturated carbocycles. The fourth-order valence-electron chi connectivity index (χ4n) is 2.88. The van der Waals surface area contributed by atoms with Crippen LogP contribution in [0, 0.1) is 3.57 Å². The van der Waals surface area contributed by atoms with Gasteiger partial charge >= 0.3 is 5.97 Å². The zero-order valence-electron chi connectivity index (χ0n) is 17.5. The molecule has 11 heteroatoms. The lowest BCUT2D eigenvalue weighted by Gasteiger charge is -2.14.